The second-order valence-electron chi connectivity index (χ2n) is 5.24. The van der Waals surface area contributed by atoms with Crippen LogP contribution in [0.4, 0.5) is 10.5 Å². The van der Waals surface area contributed by atoms with Crippen LogP contribution < -0.4 is 10.6 Å². The van der Waals surface area contributed by atoms with Gasteiger partial charge in [0, 0.05) is 15.8 Å². The van der Waals surface area contributed by atoms with Gasteiger partial charge in [0.25, 0.3) is 0 Å². The Bertz CT molecular complexity index is 515. The molecule has 20 heavy (non-hydrogen) atoms. The summed E-state index contributed by atoms with van der Waals surface area (Å²) in [7, 11) is 0. The maximum absolute atomic E-state index is 11.8. The van der Waals surface area contributed by atoms with Crippen LogP contribution in [0.15, 0.2) is 24.3 Å². The highest BCUT2D eigenvalue weighted by atomic mass is 127. The van der Waals surface area contributed by atoms with Gasteiger partial charge in [0.2, 0.25) is 0 Å². The van der Waals surface area contributed by atoms with Crippen molar-refractivity contribution in [1.29, 1.82) is 0 Å². The minimum atomic E-state index is -0.801. The molecule has 0 atom stereocenters. The summed E-state index contributed by atoms with van der Waals surface area (Å²) < 4.78 is 1.04. The molecule has 0 heterocycles. The largest absolute Gasteiger partial charge is 0.481 e. The summed E-state index contributed by atoms with van der Waals surface area (Å²) in [6, 6.07) is 7.22. The fourth-order valence-electron chi connectivity index (χ4n) is 2.42. The van der Waals surface area contributed by atoms with E-state index < -0.39 is 5.97 Å². The van der Waals surface area contributed by atoms with Crippen LogP contribution in [0, 0.1) is 8.99 Å². The van der Waals surface area contributed by atoms with Crippen molar-refractivity contribution in [2.75, 3.05) is 11.9 Å². The number of carboxylic acids is 1. The lowest BCUT2D eigenvalue weighted by Crippen LogP contribution is -2.44. The van der Waals surface area contributed by atoms with Gasteiger partial charge in [0.1, 0.15) is 0 Å². The van der Waals surface area contributed by atoms with E-state index in [1.807, 2.05) is 24.3 Å². The number of carboxylic acid groups (broad SMARTS) is 1. The highest BCUT2D eigenvalue weighted by Gasteiger charge is 2.39. The Balaban J connectivity index is 1.84. The highest BCUT2D eigenvalue weighted by Crippen LogP contribution is 2.43. The standard InChI is InChI=1S/C14H17IN2O3/c15-10-3-1-4-11(7-10)17-13(20)16-9-14(5-2-6-14)8-12(18)19/h1,3-4,7H,2,5-6,8-9H2,(H,18,19)(H2,16,17,20). The van der Waals surface area contributed by atoms with E-state index in [2.05, 4.69) is 33.2 Å². The number of urea groups is 1. The van der Waals surface area contributed by atoms with Crippen LogP contribution in [0.3, 0.4) is 0 Å². The van der Waals surface area contributed by atoms with Crippen LogP contribution in [-0.4, -0.2) is 23.7 Å². The van der Waals surface area contributed by atoms with Crippen molar-refractivity contribution in [3.8, 4) is 0 Å². The summed E-state index contributed by atoms with van der Waals surface area (Å²) in [5, 5.41) is 14.5. The summed E-state index contributed by atoms with van der Waals surface area (Å²) >= 11 is 2.18. The number of carbonyl (C=O) groups is 2. The van der Waals surface area contributed by atoms with E-state index in [-0.39, 0.29) is 17.9 Å². The molecule has 3 N–H and O–H groups in total. The molecular formula is C14H17IN2O3. The Kier molecular flexibility index (Phi) is 4.85. The van der Waals surface area contributed by atoms with Crippen LogP contribution in [0.1, 0.15) is 25.7 Å². The maximum atomic E-state index is 11.8. The third-order valence-electron chi connectivity index (χ3n) is 3.65. The molecule has 0 bridgehead atoms. The molecule has 0 unspecified atom stereocenters. The van der Waals surface area contributed by atoms with Gasteiger partial charge >= 0.3 is 12.0 Å². The van der Waals surface area contributed by atoms with E-state index >= 15 is 0 Å². The van der Waals surface area contributed by atoms with Crippen molar-refractivity contribution in [1.82, 2.24) is 5.32 Å². The van der Waals surface area contributed by atoms with E-state index in [4.69, 9.17) is 5.11 Å². The molecule has 0 radical (unpaired) electrons. The predicted molar refractivity (Wildman–Crippen MR) is 84.7 cm³/mol. The van der Waals surface area contributed by atoms with Gasteiger partial charge in [-0.3, -0.25) is 4.79 Å². The lowest BCUT2D eigenvalue weighted by atomic mass is 9.66. The summed E-state index contributed by atoms with van der Waals surface area (Å²) in [4.78, 5) is 22.7. The van der Waals surface area contributed by atoms with Crippen molar-refractivity contribution >= 4 is 40.3 Å². The van der Waals surface area contributed by atoms with Crippen LogP contribution in [0.5, 0.6) is 0 Å². The summed E-state index contributed by atoms with van der Waals surface area (Å²) in [5.74, 6) is -0.801. The fraction of sp³-hybridized carbons (Fsp3) is 0.429. The summed E-state index contributed by atoms with van der Waals surface area (Å²) in [6.45, 7) is 0.412. The van der Waals surface area contributed by atoms with Gasteiger partial charge in [-0.15, -0.1) is 0 Å². The quantitative estimate of drug-likeness (QED) is 0.679. The summed E-state index contributed by atoms with van der Waals surface area (Å²) in [5.41, 5.74) is 0.476. The van der Waals surface area contributed by atoms with E-state index in [0.717, 1.165) is 28.5 Å². The predicted octanol–water partition coefficient (Wildman–Crippen LogP) is 3.06. The average molecular weight is 388 g/mol. The monoisotopic (exact) mass is 388 g/mol. The number of hydrogen-bond acceptors (Lipinski definition) is 2. The first-order chi connectivity index (χ1) is 9.49. The Hall–Kier alpha value is -1.31. The van der Waals surface area contributed by atoms with Crippen LogP contribution in [0.2, 0.25) is 0 Å². The first kappa shape index (κ1) is 15.1. The Morgan fingerprint density at radius 3 is 2.65 bits per heavy atom. The molecule has 108 valence electrons. The zero-order valence-electron chi connectivity index (χ0n) is 11.0. The lowest BCUT2D eigenvalue weighted by molar-refractivity contribution is -0.141. The Morgan fingerprint density at radius 2 is 2.10 bits per heavy atom. The maximum Gasteiger partial charge on any atom is 0.319 e. The Labute approximate surface area is 131 Å². The molecule has 2 rings (SSSR count). The minimum Gasteiger partial charge on any atom is -0.481 e. The van der Waals surface area contributed by atoms with E-state index in [9.17, 15) is 9.59 Å². The van der Waals surface area contributed by atoms with Crippen molar-refractivity contribution in [3.63, 3.8) is 0 Å². The number of benzene rings is 1. The molecule has 0 saturated heterocycles. The van der Waals surface area contributed by atoms with Crippen LogP contribution in [0.25, 0.3) is 0 Å². The van der Waals surface area contributed by atoms with Gasteiger partial charge in [0.15, 0.2) is 0 Å². The number of nitrogens with one attached hydrogen (secondary N) is 2. The molecule has 1 aromatic carbocycles. The number of amides is 2. The molecule has 2 amide bonds. The second kappa shape index (κ2) is 6.43. The van der Waals surface area contributed by atoms with Crippen LogP contribution >= 0.6 is 22.6 Å². The topological polar surface area (TPSA) is 78.4 Å². The molecular weight excluding hydrogens is 371 g/mol. The normalized spacial score (nSPS) is 16.1. The smallest absolute Gasteiger partial charge is 0.319 e. The first-order valence-corrected chi connectivity index (χ1v) is 7.59. The molecule has 1 aromatic rings. The lowest BCUT2D eigenvalue weighted by Gasteiger charge is -2.40. The number of halogens is 1. The average Bonchev–Trinajstić information content (AvgIpc) is 2.32. The summed E-state index contributed by atoms with van der Waals surface area (Å²) in [6.07, 6.45) is 2.88. The van der Waals surface area contributed by atoms with E-state index in [1.54, 1.807) is 0 Å². The van der Waals surface area contributed by atoms with Crippen molar-refractivity contribution < 1.29 is 14.7 Å². The zero-order valence-corrected chi connectivity index (χ0v) is 13.1. The first-order valence-electron chi connectivity index (χ1n) is 6.51. The number of anilines is 1. The molecule has 0 aliphatic heterocycles. The number of carbonyl (C=O) groups excluding carboxylic acids is 1. The number of hydrogen-bond donors (Lipinski definition) is 3. The third-order valence-corrected chi connectivity index (χ3v) is 4.32. The number of rotatable bonds is 5. The Morgan fingerprint density at radius 1 is 1.35 bits per heavy atom. The second-order valence-corrected chi connectivity index (χ2v) is 6.49. The zero-order chi connectivity index (χ0) is 14.6. The van der Waals surface area contributed by atoms with E-state index in [1.165, 1.54) is 0 Å². The molecule has 0 spiro atoms. The third kappa shape index (κ3) is 4.09. The van der Waals surface area contributed by atoms with Crippen molar-refractivity contribution in [3.05, 3.63) is 27.8 Å². The van der Waals surface area contributed by atoms with Gasteiger partial charge in [-0.05, 0) is 59.0 Å². The van der Waals surface area contributed by atoms with E-state index in [0.29, 0.717) is 6.54 Å². The number of aliphatic carboxylic acids is 1. The molecule has 1 aliphatic carbocycles. The fourth-order valence-corrected chi connectivity index (χ4v) is 2.97. The molecule has 5 nitrogen and oxygen atoms in total. The molecule has 1 saturated carbocycles. The van der Waals surface area contributed by atoms with Gasteiger partial charge in [-0.25, -0.2) is 4.79 Å². The van der Waals surface area contributed by atoms with Gasteiger partial charge in [-0.2, -0.15) is 0 Å². The van der Waals surface area contributed by atoms with Gasteiger partial charge in [0.05, 0.1) is 6.42 Å². The molecule has 1 fully saturated rings. The highest BCUT2D eigenvalue weighted by molar-refractivity contribution is 14.1. The van der Waals surface area contributed by atoms with Crippen LogP contribution in [-0.2, 0) is 4.79 Å². The van der Waals surface area contributed by atoms with Crippen molar-refractivity contribution in [2.24, 2.45) is 5.41 Å². The molecule has 6 heteroatoms. The van der Waals surface area contributed by atoms with Crippen molar-refractivity contribution in [2.45, 2.75) is 25.7 Å². The molecule has 0 aromatic heterocycles. The SMILES string of the molecule is O=C(O)CC1(CNC(=O)Nc2cccc(I)c2)CCC1. The van der Waals surface area contributed by atoms with Gasteiger partial charge < -0.3 is 15.7 Å². The van der Waals surface area contributed by atoms with Gasteiger partial charge in [-0.1, -0.05) is 12.5 Å². The minimum absolute atomic E-state index is 0.122. The molecule has 1 aliphatic rings.